The molecule has 0 heterocycles. The minimum atomic E-state index is -3.65. The second-order valence-electron chi connectivity index (χ2n) is 9.04. The molecule has 0 fully saturated rings. The van der Waals surface area contributed by atoms with Gasteiger partial charge >= 0.3 is 0 Å². The van der Waals surface area contributed by atoms with Gasteiger partial charge in [-0.3, -0.25) is 9.52 Å². The van der Waals surface area contributed by atoms with Crippen molar-refractivity contribution >= 4 is 45.9 Å². The van der Waals surface area contributed by atoms with Crippen LogP contribution in [0.4, 0.5) is 5.69 Å². The molecule has 0 aliphatic rings. The van der Waals surface area contributed by atoms with Crippen LogP contribution in [-0.4, -0.2) is 40.2 Å². The number of hydrogen-bond donors (Lipinski definition) is 3. The summed E-state index contributed by atoms with van der Waals surface area (Å²) in [5, 5.41) is 13.2. The fraction of sp³-hybridized carbons (Fsp3) is 0.480. The smallest absolute Gasteiger partial charge is 0.229 e. The molecular formula is C25H37BrN2O6SSi. The summed E-state index contributed by atoms with van der Waals surface area (Å²) in [7, 11) is -5.87. The molecule has 2 aromatic rings. The summed E-state index contributed by atoms with van der Waals surface area (Å²) in [6.45, 7) is 11.6. The van der Waals surface area contributed by atoms with Gasteiger partial charge in [0.05, 0.1) is 11.9 Å². The molecule has 1 unspecified atom stereocenters. The van der Waals surface area contributed by atoms with Crippen LogP contribution in [0.5, 0.6) is 11.5 Å². The molecule has 0 saturated carbocycles. The number of ether oxygens (including phenoxy) is 1. The first-order valence-electron chi connectivity index (χ1n) is 11.9. The molecule has 8 nitrogen and oxygen atoms in total. The monoisotopic (exact) mass is 600 g/mol. The third-order valence-electron chi connectivity index (χ3n) is 6.24. The summed E-state index contributed by atoms with van der Waals surface area (Å²) < 4.78 is 40.4. The van der Waals surface area contributed by atoms with E-state index in [0.29, 0.717) is 11.3 Å². The lowest BCUT2D eigenvalue weighted by Gasteiger charge is -2.37. The molecule has 2 rings (SSSR count). The number of aromatic hydroxyl groups is 1. The lowest BCUT2D eigenvalue weighted by atomic mass is 10.1. The van der Waals surface area contributed by atoms with E-state index in [1.807, 2.05) is 26.0 Å². The van der Waals surface area contributed by atoms with E-state index >= 15 is 0 Å². The van der Waals surface area contributed by atoms with E-state index in [-0.39, 0.29) is 17.3 Å². The Morgan fingerprint density at radius 1 is 1.08 bits per heavy atom. The van der Waals surface area contributed by atoms with Gasteiger partial charge in [0.1, 0.15) is 11.5 Å². The Hall–Kier alpha value is -2.08. The SMILES string of the molecule is CC[Si](CC)(CC)O[C@@H](NC(C)=O)C(Oc1c(C)cc(Br)cc1C)c1ccc(O)c(NS(C)(=O)=O)c1. The van der Waals surface area contributed by atoms with Crippen molar-refractivity contribution in [2.45, 2.75) is 72.0 Å². The zero-order valence-corrected chi connectivity index (χ0v) is 25.3. The largest absolute Gasteiger partial charge is 0.506 e. The first-order chi connectivity index (χ1) is 16.7. The van der Waals surface area contributed by atoms with Crippen molar-refractivity contribution in [3.05, 3.63) is 51.5 Å². The fourth-order valence-corrected chi connectivity index (χ4v) is 8.13. The molecule has 2 aromatic carbocycles. The molecule has 0 aliphatic carbocycles. The maximum atomic E-state index is 12.3. The minimum Gasteiger partial charge on any atom is -0.506 e. The van der Waals surface area contributed by atoms with E-state index in [0.717, 1.165) is 40.0 Å². The third-order valence-corrected chi connectivity index (χ3v) is 11.9. The Kier molecular flexibility index (Phi) is 10.4. The number of benzene rings is 2. The van der Waals surface area contributed by atoms with Gasteiger partial charge in [-0.2, -0.15) is 0 Å². The van der Waals surface area contributed by atoms with Gasteiger partial charge in [0, 0.05) is 11.4 Å². The average molecular weight is 602 g/mol. The number of carbonyl (C=O) groups is 1. The van der Waals surface area contributed by atoms with Crippen molar-refractivity contribution in [3.63, 3.8) is 0 Å². The second kappa shape index (κ2) is 12.4. The summed E-state index contributed by atoms with van der Waals surface area (Å²) >= 11 is 3.51. The van der Waals surface area contributed by atoms with Crippen molar-refractivity contribution in [1.29, 1.82) is 0 Å². The van der Waals surface area contributed by atoms with Gasteiger partial charge < -0.3 is 19.6 Å². The first-order valence-corrected chi connectivity index (χ1v) is 17.1. The number of phenols is 1. The number of aryl methyl sites for hydroxylation is 2. The van der Waals surface area contributed by atoms with Crippen LogP contribution in [0, 0.1) is 13.8 Å². The highest BCUT2D eigenvalue weighted by Gasteiger charge is 2.38. The molecule has 36 heavy (non-hydrogen) atoms. The predicted octanol–water partition coefficient (Wildman–Crippen LogP) is 5.75. The Balaban J connectivity index is 2.72. The zero-order valence-electron chi connectivity index (χ0n) is 21.9. The average Bonchev–Trinajstić information content (AvgIpc) is 2.77. The Bertz CT molecular complexity index is 1160. The highest BCUT2D eigenvalue weighted by atomic mass is 79.9. The van der Waals surface area contributed by atoms with E-state index in [1.165, 1.54) is 19.1 Å². The lowest BCUT2D eigenvalue weighted by molar-refractivity contribution is -0.123. The number of anilines is 1. The first kappa shape index (κ1) is 30.1. The van der Waals surface area contributed by atoms with Crippen molar-refractivity contribution < 1.29 is 27.5 Å². The number of amides is 1. The summed E-state index contributed by atoms with van der Waals surface area (Å²) in [6.07, 6.45) is -0.661. The molecule has 3 N–H and O–H groups in total. The molecule has 0 aromatic heterocycles. The van der Waals surface area contributed by atoms with Crippen LogP contribution in [-0.2, 0) is 19.2 Å². The summed E-state index contributed by atoms with van der Waals surface area (Å²) in [5.41, 5.74) is 2.31. The molecular weight excluding hydrogens is 564 g/mol. The van der Waals surface area contributed by atoms with Crippen molar-refractivity contribution in [2.24, 2.45) is 0 Å². The molecule has 200 valence electrons. The summed E-state index contributed by atoms with van der Waals surface area (Å²) in [5.74, 6) is 0.122. The van der Waals surface area contributed by atoms with E-state index < -0.39 is 30.7 Å². The van der Waals surface area contributed by atoms with Crippen molar-refractivity contribution in [1.82, 2.24) is 5.32 Å². The van der Waals surface area contributed by atoms with Crippen LogP contribution in [0.2, 0.25) is 18.1 Å². The van der Waals surface area contributed by atoms with Crippen LogP contribution < -0.4 is 14.8 Å². The van der Waals surface area contributed by atoms with E-state index in [9.17, 15) is 18.3 Å². The van der Waals surface area contributed by atoms with Crippen LogP contribution in [0.3, 0.4) is 0 Å². The predicted molar refractivity (Wildman–Crippen MR) is 149 cm³/mol. The number of nitrogens with one attached hydrogen (secondary N) is 2. The Morgan fingerprint density at radius 3 is 2.11 bits per heavy atom. The minimum absolute atomic E-state index is 0.0133. The molecule has 2 atom stereocenters. The van der Waals surface area contributed by atoms with E-state index in [4.69, 9.17) is 9.16 Å². The molecule has 0 bridgehead atoms. The van der Waals surface area contributed by atoms with Gasteiger partial charge in [-0.25, -0.2) is 8.42 Å². The summed E-state index contributed by atoms with van der Waals surface area (Å²) in [4.78, 5) is 12.3. The van der Waals surface area contributed by atoms with Gasteiger partial charge in [-0.15, -0.1) is 0 Å². The topological polar surface area (TPSA) is 114 Å². The Morgan fingerprint density at radius 2 is 1.64 bits per heavy atom. The molecule has 11 heteroatoms. The van der Waals surface area contributed by atoms with Crippen LogP contribution >= 0.6 is 15.9 Å². The lowest BCUT2D eigenvalue weighted by Crippen LogP contribution is -2.50. The number of hydrogen-bond acceptors (Lipinski definition) is 6. The van der Waals surface area contributed by atoms with Crippen LogP contribution in [0.15, 0.2) is 34.8 Å². The number of carbonyl (C=O) groups excluding carboxylic acids is 1. The highest BCUT2D eigenvalue weighted by Crippen LogP contribution is 2.37. The number of rotatable bonds is 12. The zero-order chi connectivity index (χ0) is 27.3. The van der Waals surface area contributed by atoms with Gasteiger partial charge in [-0.05, 0) is 72.9 Å². The highest BCUT2D eigenvalue weighted by molar-refractivity contribution is 9.10. The Labute approximate surface area is 224 Å². The van der Waals surface area contributed by atoms with E-state index in [1.54, 1.807) is 6.07 Å². The maximum Gasteiger partial charge on any atom is 0.229 e. The molecule has 0 radical (unpaired) electrons. The van der Waals surface area contributed by atoms with Gasteiger partial charge in [0.15, 0.2) is 20.6 Å². The third kappa shape index (κ3) is 7.96. The number of sulfonamides is 1. The van der Waals surface area contributed by atoms with Crippen LogP contribution in [0.1, 0.15) is 50.5 Å². The molecule has 1 amide bonds. The number of halogens is 1. The fourth-order valence-electron chi connectivity index (χ4n) is 4.16. The second-order valence-corrected chi connectivity index (χ2v) is 16.4. The van der Waals surface area contributed by atoms with E-state index in [2.05, 4.69) is 46.7 Å². The van der Waals surface area contributed by atoms with Gasteiger partial charge in [0.25, 0.3) is 0 Å². The normalized spacial score (nSPS) is 13.7. The maximum absolute atomic E-state index is 12.3. The van der Waals surface area contributed by atoms with Crippen molar-refractivity contribution in [3.8, 4) is 11.5 Å². The molecule has 0 spiro atoms. The standard InChI is InChI=1S/C25H37BrN2O6SSi/c1-8-36(9-2,10-3)34-25(27-18(6)29)24(33-23-16(4)13-20(26)14-17(23)5)19-11-12-22(30)21(15-19)28-35(7,31)32/h11-15,24-25,28,30H,8-10H2,1-7H3,(H,27,29)/t24?,25-/m1/s1. The van der Waals surface area contributed by atoms with Crippen LogP contribution in [0.25, 0.3) is 0 Å². The van der Waals surface area contributed by atoms with Gasteiger partial charge in [0.2, 0.25) is 15.9 Å². The van der Waals surface area contributed by atoms with Gasteiger partial charge in [-0.1, -0.05) is 42.8 Å². The molecule has 0 saturated heterocycles. The molecule has 0 aliphatic heterocycles. The quantitative estimate of drug-likeness (QED) is 0.162. The van der Waals surface area contributed by atoms with Crippen molar-refractivity contribution in [2.75, 3.05) is 11.0 Å². The number of phenolic OH excluding ortho intramolecular Hbond substituents is 1. The summed E-state index contributed by atoms with van der Waals surface area (Å²) in [6, 6.07) is 11.0.